The predicted molar refractivity (Wildman–Crippen MR) is 132 cm³/mol. The van der Waals surface area contributed by atoms with E-state index in [1.807, 2.05) is 36.1 Å². The maximum absolute atomic E-state index is 5.77. The molecule has 0 amide bonds. The largest absolute Gasteiger partial charge is 0.493 e. The highest BCUT2D eigenvalue weighted by atomic mass is 32.1. The molecule has 7 nitrogen and oxygen atoms in total. The standard InChI is InChI=1S/C25H26N4O3S/c1-6-13-29-16(3)21(22(26-25(29)33)17-9-7-15(2)8-10-17)24-27-23(28-32-24)18-11-12-19(30-4)20(14-18)31-5/h6-12,14,22H,1,13H2,2-5H3,(H,26,33). The van der Waals surface area contributed by atoms with E-state index < -0.39 is 0 Å². The van der Waals surface area contributed by atoms with E-state index >= 15 is 0 Å². The quantitative estimate of drug-likeness (QED) is 0.392. The van der Waals surface area contributed by atoms with Crippen molar-refractivity contribution in [1.29, 1.82) is 0 Å². The Morgan fingerprint density at radius 3 is 2.52 bits per heavy atom. The highest BCUT2D eigenvalue weighted by molar-refractivity contribution is 7.80. The first-order valence-corrected chi connectivity index (χ1v) is 10.9. The molecule has 0 bridgehead atoms. The van der Waals surface area contributed by atoms with Gasteiger partial charge in [-0.2, -0.15) is 4.98 Å². The fraction of sp³-hybridized carbons (Fsp3) is 0.240. The van der Waals surface area contributed by atoms with Crippen LogP contribution in [-0.2, 0) is 0 Å². The molecule has 0 saturated heterocycles. The van der Waals surface area contributed by atoms with Gasteiger partial charge in [0.1, 0.15) is 0 Å². The van der Waals surface area contributed by atoms with Crippen LogP contribution >= 0.6 is 12.2 Å². The lowest BCUT2D eigenvalue weighted by atomic mass is 9.94. The van der Waals surface area contributed by atoms with Gasteiger partial charge in [-0.15, -0.1) is 6.58 Å². The van der Waals surface area contributed by atoms with E-state index in [1.165, 1.54) is 5.56 Å². The zero-order valence-electron chi connectivity index (χ0n) is 19.1. The molecule has 0 fully saturated rings. The summed E-state index contributed by atoms with van der Waals surface area (Å²) in [5.74, 6) is 2.10. The number of nitrogens with zero attached hydrogens (tertiary/aromatic N) is 3. The molecule has 1 aromatic heterocycles. The average Bonchev–Trinajstić information content (AvgIpc) is 3.31. The third kappa shape index (κ3) is 4.34. The van der Waals surface area contributed by atoms with Crippen LogP contribution in [0.3, 0.4) is 0 Å². The van der Waals surface area contributed by atoms with E-state index in [0.717, 1.165) is 22.4 Å². The number of aromatic nitrogens is 2. The summed E-state index contributed by atoms with van der Waals surface area (Å²) < 4.78 is 16.5. The molecule has 1 aliphatic heterocycles. The summed E-state index contributed by atoms with van der Waals surface area (Å²) in [5.41, 5.74) is 4.80. The van der Waals surface area contributed by atoms with Crippen LogP contribution in [0.1, 0.15) is 30.0 Å². The second kappa shape index (κ2) is 9.46. The number of nitrogens with one attached hydrogen (secondary N) is 1. The van der Waals surface area contributed by atoms with Crippen molar-refractivity contribution in [1.82, 2.24) is 20.4 Å². The summed E-state index contributed by atoms with van der Waals surface area (Å²) in [5, 5.41) is 8.31. The Balaban J connectivity index is 1.80. The number of thiocarbonyl (C=S) groups is 1. The molecule has 0 spiro atoms. The maximum atomic E-state index is 5.77. The summed E-state index contributed by atoms with van der Waals surface area (Å²) in [4.78, 5) is 6.71. The van der Waals surface area contributed by atoms with E-state index in [2.05, 4.69) is 48.2 Å². The van der Waals surface area contributed by atoms with Gasteiger partial charge in [-0.1, -0.05) is 41.1 Å². The molecule has 4 rings (SSSR count). The average molecular weight is 463 g/mol. The molecule has 0 aliphatic carbocycles. The van der Waals surface area contributed by atoms with Gasteiger partial charge in [-0.25, -0.2) is 0 Å². The number of aryl methyl sites for hydroxylation is 1. The second-order valence-electron chi connectivity index (χ2n) is 7.68. The first-order chi connectivity index (χ1) is 16.0. The minimum atomic E-state index is -0.224. The van der Waals surface area contributed by atoms with Crippen LogP contribution < -0.4 is 14.8 Å². The Hall–Kier alpha value is -3.65. The Labute approximate surface area is 198 Å². The van der Waals surface area contributed by atoms with Gasteiger partial charge >= 0.3 is 0 Å². The molecule has 33 heavy (non-hydrogen) atoms. The van der Waals surface area contributed by atoms with Crippen molar-refractivity contribution in [2.75, 3.05) is 20.8 Å². The van der Waals surface area contributed by atoms with Gasteiger partial charge in [0.05, 0.1) is 25.8 Å². The number of methoxy groups -OCH3 is 2. The van der Waals surface area contributed by atoms with Crippen molar-refractivity contribution in [3.63, 3.8) is 0 Å². The number of benzene rings is 2. The number of allylic oxidation sites excluding steroid dienone is 1. The lowest BCUT2D eigenvalue weighted by Crippen LogP contribution is -2.45. The zero-order chi connectivity index (χ0) is 23.5. The van der Waals surface area contributed by atoms with E-state index in [0.29, 0.717) is 34.9 Å². The third-order valence-electron chi connectivity index (χ3n) is 5.62. The van der Waals surface area contributed by atoms with Crippen molar-refractivity contribution in [2.24, 2.45) is 0 Å². The van der Waals surface area contributed by atoms with Crippen molar-refractivity contribution in [3.05, 3.63) is 77.8 Å². The molecule has 0 saturated carbocycles. The van der Waals surface area contributed by atoms with Crippen molar-refractivity contribution in [3.8, 4) is 22.9 Å². The molecule has 2 heterocycles. The predicted octanol–water partition coefficient (Wildman–Crippen LogP) is 4.91. The van der Waals surface area contributed by atoms with Gasteiger partial charge in [0.2, 0.25) is 5.82 Å². The van der Waals surface area contributed by atoms with Crippen LogP contribution in [0.4, 0.5) is 0 Å². The molecule has 8 heteroatoms. The second-order valence-corrected chi connectivity index (χ2v) is 8.07. The molecule has 1 N–H and O–H groups in total. The molecule has 1 unspecified atom stereocenters. The smallest absolute Gasteiger partial charge is 0.258 e. The van der Waals surface area contributed by atoms with Gasteiger partial charge < -0.3 is 24.2 Å². The highest BCUT2D eigenvalue weighted by Gasteiger charge is 2.33. The van der Waals surface area contributed by atoms with Gasteiger partial charge in [0.15, 0.2) is 16.6 Å². The Morgan fingerprint density at radius 1 is 1.12 bits per heavy atom. The SMILES string of the molecule is C=CCN1C(=S)NC(c2ccc(C)cc2)C(c2nc(-c3ccc(OC)c(OC)c3)no2)=C1C. The lowest BCUT2D eigenvalue weighted by molar-refractivity contribution is 0.355. The van der Waals surface area contributed by atoms with E-state index in [-0.39, 0.29) is 6.04 Å². The van der Waals surface area contributed by atoms with Crippen LogP contribution in [0.25, 0.3) is 17.0 Å². The van der Waals surface area contributed by atoms with Gasteiger partial charge in [-0.3, -0.25) is 0 Å². The summed E-state index contributed by atoms with van der Waals surface area (Å²) in [6, 6.07) is 13.6. The summed E-state index contributed by atoms with van der Waals surface area (Å²) in [7, 11) is 3.19. The van der Waals surface area contributed by atoms with Crippen LogP contribution in [0.15, 0.2) is 65.3 Å². The molecular formula is C25H26N4O3S. The molecule has 2 aromatic carbocycles. The Kier molecular flexibility index (Phi) is 6.46. The number of ether oxygens (including phenoxy) is 2. The van der Waals surface area contributed by atoms with E-state index in [4.69, 9.17) is 31.2 Å². The highest BCUT2D eigenvalue weighted by Crippen LogP contribution is 2.38. The minimum Gasteiger partial charge on any atom is -0.493 e. The summed E-state index contributed by atoms with van der Waals surface area (Å²) in [6.45, 7) is 8.49. The molecule has 170 valence electrons. The van der Waals surface area contributed by atoms with Crippen LogP contribution in [0.5, 0.6) is 11.5 Å². The maximum Gasteiger partial charge on any atom is 0.258 e. The van der Waals surface area contributed by atoms with Crippen LogP contribution in [-0.4, -0.2) is 40.9 Å². The van der Waals surface area contributed by atoms with Crippen molar-refractivity contribution in [2.45, 2.75) is 19.9 Å². The minimum absolute atomic E-state index is 0.224. The Morgan fingerprint density at radius 2 is 1.85 bits per heavy atom. The van der Waals surface area contributed by atoms with E-state index in [9.17, 15) is 0 Å². The molecule has 0 radical (unpaired) electrons. The number of hydrogen-bond donors (Lipinski definition) is 1. The normalized spacial score (nSPS) is 15.9. The van der Waals surface area contributed by atoms with Crippen LogP contribution in [0, 0.1) is 6.92 Å². The van der Waals surface area contributed by atoms with Gasteiger partial charge in [0.25, 0.3) is 5.89 Å². The first kappa shape index (κ1) is 22.5. The fourth-order valence-corrected chi connectivity index (χ4v) is 4.17. The van der Waals surface area contributed by atoms with Gasteiger partial charge in [0, 0.05) is 17.8 Å². The fourth-order valence-electron chi connectivity index (χ4n) is 3.84. The lowest BCUT2D eigenvalue weighted by Gasteiger charge is -2.36. The third-order valence-corrected chi connectivity index (χ3v) is 5.96. The number of hydrogen-bond acceptors (Lipinski definition) is 6. The monoisotopic (exact) mass is 462 g/mol. The van der Waals surface area contributed by atoms with Crippen molar-refractivity contribution >= 4 is 22.9 Å². The van der Waals surface area contributed by atoms with Crippen LogP contribution in [0.2, 0.25) is 0 Å². The molecular weight excluding hydrogens is 436 g/mol. The first-order valence-electron chi connectivity index (χ1n) is 10.5. The molecule has 3 aromatic rings. The topological polar surface area (TPSA) is 72.7 Å². The van der Waals surface area contributed by atoms with Gasteiger partial charge in [-0.05, 0) is 49.8 Å². The van der Waals surface area contributed by atoms with Crippen molar-refractivity contribution < 1.29 is 14.0 Å². The molecule has 1 atom stereocenters. The van der Waals surface area contributed by atoms with E-state index in [1.54, 1.807) is 14.2 Å². The zero-order valence-corrected chi connectivity index (χ0v) is 19.9. The summed E-state index contributed by atoms with van der Waals surface area (Å²) in [6.07, 6.45) is 1.81. The Bertz CT molecular complexity index is 1220. The molecule has 1 aliphatic rings. The number of rotatable bonds is 7. The summed E-state index contributed by atoms with van der Waals surface area (Å²) >= 11 is 5.65.